The smallest absolute Gasteiger partial charge is 0.416 e. The third kappa shape index (κ3) is 4.17. The maximum Gasteiger partial charge on any atom is 0.416 e. The number of fused-ring (bicyclic) bond motifs is 1. The average Bonchev–Trinajstić information content (AvgIpc) is 3.10. The van der Waals surface area contributed by atoms with Crippen molar-refractivity contribution in [1.82, 2.24) is 0 Å². The number of hydrogen-bond acceptors (Lipinski definition) is 4. The largest absolute Gasteiger partial charge is 0.465 e. The summed E-state index contributed by atoms with van der Waals surface area (Å²) in [4.78, 5) is 26.5. The Morgan fingerprint density at radius 2 is 1.76 bits per heavy atom. The van der Waals surface area contributed by atoms with Gasteiger partial charge in [0.25, 0.3) is 0 Å². The summed E-state index contributed by atoms with van der Waals surface area (Å²) in [6, 6.07) is 6.99. The average molecular weight is 497 g/mol. The van der Waals surface area contributed by atoms with E-state index < -0.39 is 33.9 Å². The summed E-state index contributed by atoms with van der Waals surface area (Å²) >= 11 is 0. The lowest BCUT2D eigenvalue weighted by Crippen LogP contribution is -2.51. The normalized spacial score (nSPS) is 19.8. The molecule has 0 spiro atoms. The highest BCUT2D eigenvalue weighted by Crippen LogP contribution is 2.42. The van der Waals surface area contributed by atoms with Crippen molar-refractivity contribution >= 4 is 39.1 Å². The quantitative estimate of drug-likeness (QED) is 0.672. The third-order valence-corrected chi connectivity index (χ3v) is 7.82. The predicted molar refractivity (Wildman–Crippen MR) is 121 cm³/mol. The van der Waals surface area contributed by atoms with Gasteiger partial charge in [0.1, 0.15) is 0 Å². The van der Waals surface area contributed by atoms with Crippen molar-refractivity contribution in [2.45, 2.75) is 32.5 Å². The van der Waals surface area contributed by atoms with E-state index in [9.17, 15) is 36.3 Å². The van der Waals surface area contributed by atoms with Gasteiger partial charge in [0, 0.05) is 20.0 Å². The molecule has 0 aromatic heterocycles. The van der Waals surface area contributed by atoms with Crippen LogP contribution in [0.4, 0.5) is 35.0 Å². The topological polar surface area (TPSA) is 98.2 Å². The molecule has 1 fully saturated rings. The van der Waals surface area contributed by atoms with Gasteiger partial charge in [-0.3, -0.25) is 14.0 Å². The second-order valence-corrected chi connectivity index (χ2v) is 10.4. The number of carboxylic acid groups (broad SMARTS) is 1. The maximum atomic E-state index is 13.7. The van der Waals surface area contributed by atoms with Crippen LogP contribution in [0.2, 0.25) is 0 Å². The number of rotatable bonds is 2. The minimum absolute atomic E-state index is 0.00870. The molecule has 2 aliphatic heterocycles. The first-order chi connectivity index (χ1) is 15.8. The summed E-state index contributed by atoms with van der Waals surface area (Å²) in [5, 5.41) is 9.69. The van der Waals surface area contributed by atoms with Crippen LogP contribution in [0.25, 0.3) is 11.1 Å². The highest BCUT2D eigenvalue weighted by molar-refractivity contribution is 7.93. The maximum absolute atomic E-state index is 13.7. The fourth-order valence-corrected chi connectivity index (χ4v) is 6.03. The monoisotopic (exact) mass is 497 g/mol. The molecule has 182 valence electrons. The number of sulfonamides is 1. The van der Waals surface area contributed by atoms with Crippen LogP contribution in [0, 0.1) is 0 Å². The number of nitrogens with zero attached hydrogens (tertiary/aromatic N) is 3. The van der Waals surface area contributed by atoms with Crippen molar-refractivity contribution in [2.75, 3.05) is 32.9 Å². The molecule has 1 saturated heterocycles. The lowest BCUT2D eigenvalue weighted by Gasteiger charge is -2.39. The molecule has 2 amide bonds. The summed E-state index contributed by atoms with van der Waals surface area (Å²) < 4.78 is 66.7. The van der Waals surface area contributed by atoms with Gasteiger partial charge in [0.05, 0.1) is 34.4 Å². The van der Waals surface area contributed by atoms with E-state index in [4.69, 9.17) is 0 Å². The zero-order chi connectivity index (χ0) is 25.0. The van der Waals surface area contributed by atoms with Crippen molar-refractivity contribution in [3.05, 3.63) is 42.0 Å². The van der Waals surface area contributed by atoms with Gasteiger partial charge in [-0.15, -0.1) is 0 Å². The fourth-order valence-electron chi connectivity index (χ4n) is 4.48. The van der Waals surface area contributed by atoms with Gasteiger partial charge in [0.2, 0.25) is 15.9 Å². The van der Waals surface area contributed by atoms with E-state index in [1.54, 1.807) is 6.92 Å². The Kier molecular flexibility index (Phi) is 5.75. The molecular weight excluding hydrogens is 475 g/mol. The number of carbonyl (C=O) groups excluding carboxylic acids is 1. The van der Waals surface area contributed by atoms with Gasteiger partial charge < -0.3 is 10.0 Å². The van der Waals surface area contributed by atoms with E-state index in [-0.39, 0.29) is 47.3 Å². The van der Waals surface area contributed by atoms with Crippen molar-refractivity contribution < 1.29 is 36.3 Å². The zero-order valence-corrected chi connectivity index (χ0v) is 19.2. The third-order valence-electron chi connectivity index (χ3n) is 5.95. The van der Waals surface area contributed by atoms with E-state index in [1.165, 1.54) is 36.1 Å². The van der Waals surface area contributed by atoms with Crippen molar-refractivity contribution in [3.8, 4) is 11.1 Å². The Balaban J connectivity index is 1.90. The van der Waals surface area contributed by atoms with Gasteiger partial charge >= 0.3 is 12.3 Å². The Bertz CT molecular complexity index is 1280. The van der Waals surface area contributed by atoms with Crippen LogP contribution in [0.3, 0.4) is 0 Å². The van der Waals surface area contributed by atoms with E-state index in [0.717, 1.165) is 21.3 Å². The Hall–Kier alpha value is -3.28. The van der Waals surface area contributed by atoms with Gasteiger partial charge in [-0.1, -0.05) is 6.07 Å². The van der Waals surface area contributed by atoms with Crippen LogP contribution in [-0.4, -0.2) is 50.4 Å². The molecule has 34 heavy (non-hydrogen) atoms. The molecule has 0 radical (unpaired) electrons. The number of carbonyl (C=O) groups is 2. The number of hydrogen-bond donors (Lipinski definition) is 1. The predicted octanol–water partition coefficient (Wildman–Crippen LogP) is 4.15. The molecule has 0 bridgehead atoms. The van der Waals surface area contributed by atoms with Crippen LogP contribution in [0.5, 0.6) is 0 Å². The van der Waals surface area contributed by atoms with Crippen LogP contribution in [0.1, 0.15) is 25.8 Å². The molecule has 12 heteroatoms. The molecular formula is C22H22F3N3O5S. The van der Waals surface area contributed by atoms with E-state index in [0.29, 0.717) is 12.1 Å². The van der Waals surface area contributed by atoms with Crippen molar-refractivity contribution in [2.24, 2.45) is 0 Å². The van der Waals surface area contributed by atoms with E-state index in [1.807, 2.05) is 0 Å². The minimum Gasteiger partial charge on any atom is -0.465 e. The molecule has 2 aromatic carbocycles. The Labute approximate surface area is 194 Å². The van der Waals surface area contributed by atoms with Crippen LogP contribution >= 0.6 is 0 Å². The molecule has 4 rings (SSSR count). The summed E-state index contributed by atoms with van der Waals surface area (Å²) in [6.45, 7) is 3.11. The van der Waals surface area contributed by atoms with Crippen LogP contribution in [0.15, 0.2) is 36.4 Å². The summed E-state index contributed by atoms with van der Waals surface area (Å²) in [5.74, 6) is -0.448. The molecule has 0 unspecified atom stereocenters. The standard InChI is InChI=1S/C22H22F3N3O5S/c1-13-12-26(21(30)31)20-10-15(4-5-19(20)28(13)14(2)29)16-8-17(22(23,24)25)11-18(9-16)27-6-3-7-34(27,32)33/h4-5,8-11,13H,3,6-7,12H2,1-2H3,(H,30,31)/t13-/m0/s1. The SMILES string of the molecule is CC(=O)N1c2ccc(-c3cc(N4CCCS4(=O)=O)cc(C(F)(F)F)c3)cc2N(C(=O)O)C[C@@H]1C. The molecule has 1 atom stereocenters. The van der Waals surface area contributed by atoms with Crippen molar-refractivity contribution in [3.63, 3.8) is 0 Å². The van der Waals surface area contributed by atoms with E-state index >= 15 is 0 Å². The number of benzene rings is 2. The second kappa shape index (κ2) is 8.19. The van der Waals surface area contributed by atoms with Gasteiger partial charge in [-0.05, 0) is 54.8 Å². The number of anilines is 3. The van der Waals surface area contributed by atoms with Crippen LogP contribution in [-0.2, 0) is 21.0 Å². The van der Waals surface area contributed by atoms with Gasteiger partial charge in [-0.25, -0.2) is 13.2 Å². The highest BCUT2D eigenvalue weighted by atomic mass is 32.2. The zero-order valence-electron chi connectivity index (χ0n) is 18.3. The lowest BCUT2D eigenvalue weighted by molar-refractivity contribution is -0.137. The molecule has 0 saturated carbocycles. The van der Waals surface area contributed by atoms with E-state index in [2.05, 4.69) is 0 Å². The van der Waals surface area contributed by atoms with Crippen molar-refractivity contribution in [1.29, 1.82) is 0 Å². The first-order valence-electron chi connectivity index (χ1n) is 10.5. The first-order valence-corrected chi connectivity index (χ1v) is 12.1. The van der Waals surface area contributed by atoms with Crippen LogP contribution < -0.4 is 14.1 Å². The summed E-state index contributed by atoms with van der Waals surface area (Å²) in [6.07, 6.45) is -5.68. The molecule has 1 N–H and O–H groups in total. The molecule has 2 aliphatic rings. The minimum atomic E-state index is -4.73. The highest BCUT2D eigenvalue weighted by Gasteiger charge is 2.36. The Morgan fingerprint density at radius 3 is 2.32 bits per heavy atom. The lowest BCUT2D eigenvalue weighted by atomic mass is 9.98. The summed E-state index contributed by atoms with van der Waals surface area (Å²) in [7, 11) is -3.72. The Morgan fingerprint density at radius 1 is 1.06 bits per heavy atom. The number of halogens is 3. The molecule has 2 aromatic rings. The molecule has 2 heterocycles. The number of amides is 2. The van der Waals surface area contributed by atoms with Gasteiger partial charge in [0.15, 0.2) is 0 Å². The second-order valence-electron chi connectivity index (χ2n) is 8.34. The molecule has 0 aliphatic carbocycles. The first kappa shape index (κ1) is 23.9. The number of alkyl halides is 3. The van der Waals surface area contributed by atoms with Gasteiger partial charge in [-0.2, -0.15) is 13.2 Å². The summed E-state index contributed by atoms with van der Waals surface area (Å²) in [5.41, 5.74) is -0.305. The molecule has 8 nitrogen and oxygen atoms in total. The fraction of sp³-hybridized carbons (Fsp3) is 0.364.